The molecule has 0 saturated carbocycles. The first-order valence-electron chi connectivity index (χ1n) is 7.75. The Morgan fingerprint density at radius 2 is 1.79 bits per heavy atom. The number of ketones is 1. The topological polar surface area (TPSA) is 60.7 Å². The van der Waals surface area contributed by atoms with Crippen molar-refractivity contribution in [2.75, 3.05) is 5.75 Å². The van der Waals surface area contributed by atoms with E-state index in [0.29, 0.717) is 22.4 Å². The van der Waals surface area contributed by atoms with Gasteiger partial charge < -0.3 is 0 Å². The molecule has 1 heterocycles. The average Bonchev–Trinajstić information content (AvgIpc) is 3.09. The van der Waals surface area contributed by atoms with E-state index in [0.717, 1.165) is 5.69 Å². The van der Waals surface area contributed by atoms with Crippen LogP contribution in [0.3, 0.4) is 0 Å². The van der Waals surface area contributed by atoms with E-state index >= 15 is 0 Å². The second-order valence-electron chi connectivity index (χ2n) is 5.70. The Bertz CT molecular complexity index is 813. The number of aromatic nitrogens is 4. The van der Waals surface area contributed by atoms with Crippen LogP contribution in [0, 0.1) is 0 Å². The van der Waals surface area contributed by atoms with E-state index < -0.39 is 0 Å². The lowest BCUT2D eigenvalue weighted by atomic mass is 10.0. The summed E-state index contributed by atoms with van der Waals surface area (Å²) in [6, 6.07) is 17.4. The highest BCUT2D eigenvalue weighted by Gasteiger charge is 2.13. The third kappa shape index (κ3) is 3.71. The lowest BCUT2D eigenvalue weighted by molar-refractivity contribution is 0.102. The van der Waals surface area contributed by atoms with E-state index in [4.69, 9.17) is 0 Å². The molecule has 24 heavy (non-hydrogen) atoms. The van der Waals surface area contributed by atoms with Crippen LogP contribution in [0.5, 0.6) is 0 Å². The Kier molecular flexibility index (Phi) is 5.05. The molecule has 0 amide bonds. The molecular weight excluding hydrogens is 320 g/mol. The molecule has 0 saturated heterocycles. The molecule has 0 aliphatic rings. The zero-order chi connectivity index (χ0) is 16.9. The van der Waals surface area contributed by atoms with Crippen molar-refractivity contribution in [1.29, 1.82) is 0 Å². The number of Topliss-reactive ketones (excluding diaryl/α,β-unsaturated/α-hetero) is 1. The van der Waals surface area contributed by atoms with Crippen molar-refractivity contribution in [3.63, 3.8) is 0 Å². The molecule has 0 N–H and O–H groups in total. The lowest BCUT2D eigenvalue weighted by Gasteiger charge is -2.07. The zero-order valence-electron chi connectivity index (χ0n) is 13.6. The number of rotatable bonds is 6. The number of carbonyl (C=O) groups excluding carboxylic acids is 1. The largest absolute Gasteiger partial charge is 0.293 e. The van der Waals surface area contributed by atoms with Gasteiger partial charge in [0.25, 0.3) is 0 Å². The second kappa shape index (κ2) is 7.40. The Balaban J connectivity index is 1.72. The van der Waals surface area contributed by atoms with E-state index in [1.807, 2.05) is 42.5 Å². The predicted octanol–water partition coefficient (Wildman–Crippen LogP) is 3.76. The summed E-state index contributed by atoms with van der Waals surface area (Å²) in [4.78, 5) is 12.2. The fourth-order valence-electron chi connectivity index (χ4n) is 2.27. The summed E-state index contributed by atoms with van der Waals surface area (Å²) >= 11 is 1.34. The minimum absolute atomic E-state index is 0.0605. The molecule has 3 rings (SSSR count). The molecule has 0 spiro atoms. The molecule has 2 aromatic carbocycles. The van der Waals surface area contributed by atoms with Crippen LogP contribution in [0.15, 0.2) is 59.8 Å². The third-order valence-corrected chi connectivity index (χ3v) is 4.59. The van der Waals surface area contributed by atoms with Crippen LogP contribution in [0.4, 0.5) is 0 Å². The van der Waals surface area contributed by atoms with Crippen LogP contribution in [0.1, 0.15) is 35.7 Å². The molecule has 0 aliphatic carbocycles. The fraction of sp³-hybridized carbons (Fsp3) is 0.222. The normalized spacial score (nSPS) is 11.0. The third-order valence-electron chi connectivity index (χ3n) is 3.67. The molecule has 0 aliphatic heterocycles. The molecule has 0 atom stereocenters. The highest BCUT2D eigenvalue weighted by atomic mass is 32.2. The van der Waals surface area contributed by atoms with Crippen molar-refractivity contribution >= 4 is 17.5 Å². The van der Waals surface area contributed by atoms with Gasteiger partial charge in [-0.1, -0.05) is 68.1 Å². The van der Waals surface area contributed by atoms with Crippen molar-refractivity contribution < 1.29 is 4.79 Å². The van der Waals surface area contributed by atoms with Crippen molar-refractivity contribution in [2.24, 2.45) is 0 Å². The number of hydrogen-bond acceptors (Lipinski definition) is 5. The maximum atomic E-state index is 12.2. The summed E-state index contributed by atoms with van der Waals surface area (Å²) in [6.45, 7) is 4.31. The Morgan fingerprint density at radius 3 is 2.46 bits per heavy atom. The van der Waals surface area contributed by atoms with Gasteiger partial charge in [0.2, 0.25) is 5.16 Å². The van der Waals surface area contributed by atoms with Gasteiger partial charge in [0.05, 0.1) is 11.4 Å². The van der Waals surface area contributed by atoms with E-state index in [1.165, 1.54) is 17.3 Å². The Labute approximate surface area is 145 Å². The van der Waals surface area contributed by atoms with E-state index in [2.05, 4.69) is 41.5 Å². The number of tetrazole rings is 1. The zero-order valence-corrected chi connectivity index (χ0v) is 14.4. The van der Waals surface area contributed by atoms with Crippen LogP contribution in [0.25, 0.3) is 5.69 Å². The summed E-state index contributed by atoms with van der Waals surface area (Å²) in [6.07, 6.45) is 0. The maximum absolute atomic E-state index is 12.2. The molecular formula is C18H18N4OS. The second-order valence-corrected chi connectivity index (χ2v) is 6.64. The number of thioether (sulfide) groups is 1. The molecule has 5 nitrogen and oxygen atoms in total. The van der Waals surface area contributed by atoms with Crippen molar-refractivity contribution in [2.45, 2.75) is 24.9 Å². The van der Waals surface area contributed by atoms with E-state index in [1.54, 1.807) is 4.68 Å². The molecule has 0 bridgehead atoms. The molecule has 0 fully saturated rings. The standard InChI is InChI=1S/C18H18N4OS/c1-13(2)14-8-10-16(11-9-14)22-18(19-20-21-22)24-12-17(23)15-6-4-3-5-7-15/h3-11,13H,12H2,1-2H3. The number of carbonyl (C=O) groups is 1. The first-order chi connectivity index (χ1) is 11.6. The molecule has 1 aromatic heterocycles. The van der Waals surface area contributed by atoms with Crippen molar-refractivity contribution in [1.82, 2.24) is 20.2 Å². The number of hydrogen-bond donors (Lipinski definition) is 0. The quantitative estimate of drug-likeness (QED) is 0.506. The fourth-order valence-corrected chi connectivity index (χ4v) is 3.05. The van der Waals surface area contributed by atoms with Crippen LogP contribution >= 0.6 is 11.8 Å². The van der Waals surface area contributed by atoms with Gasteiger partial charge in [-0.05, 0) is 34.0 Å². The van der Waals surface area contributed by atoms with Gasteiger partial charge in [-0.2, -0.15) is 4.68 Å². The molecule has 122 valence electrons. The Hall–Kier alpha value is -2.47. The number of nitrogens with zero attached hydrogens (tertiary/aromatic N) is 4. The van der Waals surface area contributed by atoms with Gasteiger partial charge in [0.1, 0.15) is 0 Å². The number of benzene rings is 2. The minimum atomic E-state index is 0.0605. The first kappa shape index (κ1) is 16.4. The van der Waals surface area contributed by atoms with Crippen molar-refractivity contribution in [3.05, 3.63) is 65.7 Å². The van der Waals surface area contributed by atoms with E-state index in [-0.39, 0.29) is 5.78 Å². The summed E-state index contributed by atoms with van der Waals surface area (Å²) in [7, 11) is 0. The van der Waals surface area contributed by atoms with Gasteiger partial charge >= 0.3 is 0 Å². The van der Waals surface area contributed by atoms with Crippen molar-refractivity contribution in [3.8, 4) is 5.69 Å². The summed E-state index contributed by atoms with van der Waals surface area (Å²) < 4.78 is 1.66. The summed E-state index contributed by atoms with van der Waals surface area (Å²) in [5, 5.41) is 12.4. The molecule has 0 unspecified atom stereocenters. The van der Waals surface area contributed by atoms with Gasteiger partial charge in [-0.25, -0.2) is 0 Å². The molecule has 3 aromatic rings. The Morgan fingerprint density at radius 1 is 1.08 bits per heavy atom. The van der Waals surface area contributed by atoms with Crippen LogP contribution in [0.2, 0.25) is 0 Å². The van der Waals surface area contributed by atoms with Gasteiger partial charge in [-0.15, -0.1) is 5.10 Å². The summed E-state index contributed by atoms with van der Waals surface area (Å²) in [5.74, 6) is 0.838. The van der Waals surface area contributed by atoms with Gasteiger partial charge in [-0.3, -0.25) is 4.79 Å². The molecule has 6 heteroatoms. The average molecular weight is 338 g/mol. The lowest BCUT2D eigenvalue weighted by Crippen LogP contribution is -2.05. The maximum Gasteiger partial charge on any atom is 0.214 e. The van der Waals surface area contributed by atoms with Gasteiger partial charge in [0, 0.05) is 5.56 Å². The first-order valence-corrected chi connectivity index (χ1v) is 8.73. The smallest absolute Gasteiger partial charge is 0.214 e. The van der Waals surface area contributed by atoms with Crippen LogP contribution < -0.4 is 0 Å². The summed E-state index contributed by atoms with van der Waals surface area (Å²) in [5.41, 5.74) is 2.85. The highest BCUT2D eigenvalue weighted by molar-refractivity contribution is 7.99. The van der Waals surface area contributed by atoms with E-state index in [9.17, 15) is 4.79 Å². The SMILES string of the molecule is CC(C)c1ccc(-n2nnnc2SCC(=O)c2ccccc2)cc1. The van der Waals surface area contributed by atoms with Crippen LogP contribution in [-0.2, 0) is 0 Å². The highest BCUT2D eigenvalue weighted by Crippen LogP contribution is 2.21. The minimum Gasteiger partial charge on any atom is -0.293 e. The van der Waals surface area contributed by atoms with Gasteiger partial charge in [0.15, 0.2) is 5.78 Å². The van der Waals surface area contributed by atoms with Crippen LogP contribution in [-0.4, -0.2) is 31.7 Å². The molecule has 0 radical (unpaired) electrons. The monoisotopic (exact) mass is 338 g/mol. The predicted molar refractivity (Wildman–Crippen MR) is 94.7 cm³/mol.